The molecule has 0 unspecified atom stereocenters. The van der Waals surface area contributed by atoms with Gasteiger partial charge in [-0.25, -0.2) is 0 Å². The Labute approximate surface area is 154 Å². The number of rotatable bonds is 6. The molecule has 0 saturated carbocycles. The van der Waals surface area contributed by atoms with Gasteiger partial charge in [0.2, 0.25) is 0 Å². The van der Waals surface area contributed by atoms with Gasteiger partial charge >= 0.3 is 0 Å². The Balaban J connectivity index is 1.65. The minimum Gasteiger partial charge on any atom is -0.497 e. The van der Waals surface area contributed by atoms with Gasteiger partial charge in [-0.2, -0.15) is 5.10 Å². The number of nitrogens with zero attached hydrogens (tertiary/aromatic N) is 3. The van der Waals surface area contributed by atoms with Crippen LogP contribution in [0.5, 0.6) is 17.2 Å². The molecular formula is C20H25N3O3. The van der Waals surface area contributed by atoms with Crippen LogP contribution in [0.25, 0.3) is 0 Å². The molecule has 0 N–H and O–H groups in total. The molecule has 1 aliphatic rings. The van der Waals surface area contributed by atoms with Crippen LogP contribution in [-0.2, 0) is 0 Å². The number of hydrazone groups is 1. The molecule has 3 rings (SSSR count). The molecule has 1 heterocycles. The maximum atomic E-state index is 5.47. The molecule has 1 aliphatic heterocycles. The molecule has 1 fully saturated rings. The zero-order valence-electron chi connectivity index (χ0n) is 15.5. The summed E-state index contributed by atoms with van der Waals surface area (Å²) in [6.45, 7) is 3.49. The lowest BCUT2D eigenvalue weighted by Crippen LogP contribution is -2.44. The molecule has 0 spiro atoms. The zero-order chi connectivity index (χ0) is 18.4. The molecule has 0 aromatic heterocycles. The van der Waals surface area contributed by atoms with Crippen LogP contribution < -0.4 is 19.1 Å². The van der Waals surface area contributed by atoms with Crippen molar-refractivity contribution in [2.45, 2.75) is 0 Å². The van der Waals surface area contributed by atoms with E-state index in [4.69, 9.17) is 14.2 Å². The van der Waals surface area contributed by atoms with Crippen molar-refractivity contribution < 1.29 is 14.2 Å². The van der Waals surface area contributed by atoms with Gasteiger partial charge in [0.25, 0.3) is 0 Å². The number of hydrogen-bond donors (Lipinski definition) is 0. The van der Waals surface area contributed by atoms with Crippen LogP contribution in [0.15, 0.2) is 47.6 Å². The van der Waals surface area contributed by atoms with Crippen molar-refractivity contribution in [3.05, 3.63) is 48.0 Å². The van der Waals surface area contributed by atoms with Gasteiger partial charge in [-0.15, -0.1) is 0 Å². The molecule has 1 saturated heterocycles. The number of ether oxygens (including phenoxy) is 3. The highest BCUT2D eigenvalue weighted by Gasteiger charge is 2.18. The van der Waals surface area contributed by atoms with Gasteiger partial charge in [-0.05, 0) is 30.3 Å². The Morgan fingerprint density at radius 2 is 1.58 bits per heavy atom. The Kier molecular flexibility index (Phi) is 5.84. The molecule has 2 aromatic rings. The second-order valence-electron chi connectivity index (χ2n) is 5.97. The minimum atomic E-state index is 0.780. The van der Waals surface area contributed by atoms with E-state index in [-0.39, 0.29) is 0 Å². The SMILES string of the molecule is COc1ccc(OC)c(/C=N\N2CCN(c3ccccc3OC)CC2)c1. The van der Waals surface area contributed by atoms with Crippen LogP contribution in [0.1, 0.15) is 5.56 Å². The molecule has 0 aliphatic carbocycles. The summed E-state index contributed by atoms with van der Waals surface area (Å²) in [5.74, 6) is 2.47. The van der Waals surface area contributed by atoms with Crippen molar-refractivity contribution in [2.75, 3.05) is 52.4 Å². The average Bonchev–Trinajstić information content (AvgIpc) is 2.72. The van der Waals surface area contributed by atoms with Gasteiger partial charge in [-0.1, -0.05) is 12.1 Å². The number of anilines is 1. The van der Waals surface area contributed by atoms with E-state index in [0.29, 0.717) is 0 Å². The third kappa shape index (κ3) is 4.02. The summed E-state index contributed by atoms with van der Waals surface area (Å²) >= 11 is 0. The first-order valence-electron chi connectivity index (χ1n) is 8.64. The van der Waals surface area contributed by atoms with Gasteiger partial charge in [0.1, 0.15) is 17.2 Å². The predicted molar refractivity (Wildman–Crippen MR) is 104 cm³/mol. The fraction of sp³-hybridized carbons (Fsp3) is 0.350. The maximum Gasteiger partial charge on any atom is 0.142 e. The Hall–Kier alpha value is -2.89. The number of para-hydroxylation sites is 2. The van der Waals surface area contributed by atoms with Gasteiger partial charge in [0.05, 0.1) is 46.3 Å². The van der Waals surface area contributed by atoms with Crippen molar-refractivity contribution >= 4 is 11.9 Å². The standard InChI is InChI=1S/C20H25N3O3/c1-24-17-8-9-19(25-2)16(14-17)15-21-23-12-10-22(11-13-23)18-6-4-5-7-20(18)26-3/h4-9,14-15H,10-13H2,1-3H3/b21-15-. The third-order valence-corrected chi connectivity index (χ3v) is 4.48. The van der Waals surface area contributed by atoms with Crippen molar-refractivity contribution in [3.63, 3.8) is 0 Å². The summed E-state index contributed by atoms with van der Waals surface area (Å²) in [4.78, 5) is 2.33. The molecule has 138 valence electrons. The highest BCUT2D eigenvalue weighted by atomic mass is 16.5. The summed E-state index contributed by atoms with van der Waals surface area (Å²) in [5.41, 5.74) is 2.03. The average molecular weight is 355 g/mol. The first-order valence-corrected chi connectivity index (χ1v) is 8.64. The third-order valence-electron chi connectivity index (χ3n) is 4.48. The smallest absolute Gasteiger partial charge is 0.142 e. The van der Waals surface area contributed by atoms with Crippen LogP contribution in [0, 0.1) is 0 Å². The van der Waals surface area contributed by atoms with Crippen molar-refractivity contribution in [1.82, 2.24) is 5.01 Å². The monoisotopic (exact) mass is 355 g/mol. The quantitative estimate of drug-likeness (QED) is 0.746. The summed E-state index contributed by atoms with van der Waals surface area (Å²) in [6.07, 6.45) is 1.83. The summed E-state index contributed by atoms with van der Waals surface area (Å²) in [5, 5.41) is 6.70. The molecule has 0 atom stereocenters. The summed E-state index contributed by atoms with van der Waals surface area (Å²) < 4.78 is 16.1. The van der Waals surface area contributed by atoms with Crippen LogP contribution in [0.4, 0.5) is 5.69 Å². The molecule has 6 nitrogen and oxygen atoms in total. The Bertz CT molecular complexity index is 756. The van der Waals surface area contributed by atoms with Gasteiger partial charge < -0.3 is 19.1 Å². The highest BCUT2D eigenvalue weighted by Crippen LogP contribution is 2.28. The first-order chi connectivity index (χ1) is 12.7. The molecule has 0 amide bonds. The number of piperazine rings is 1. The minimum absolute atomic E-state index is 0.780. The zero-order valence-corrected chi connectivity index (χ0v) is 15.5. The van der Waals surface area contributed by atoms with Crippen LogP contribution in [0.3, 0.4) is 0 Å². The van der Waals surface area contributed by atoms with E-state index < -0.39 is 0 Å². The normalized spacial score (nSPS) is 14.6. The summed E-state index contributed by atoms with van der Waals surface area (Å²) in [6, 6.07) is 13.8. The van der Waals surface area contributed by atoms with E-state index in [1.807, 2.05) is 42.6 Å². The van der Waals surface area contributed by atoms with Crippen LogP contribution in [-0.4, -0.2) is 58.7 Å². The van der Waals surface area contributed by atoms with Crippen LogP contribution >= 0.6 is 0 Å². The van der Waals surface area contributed by atoms with E-state index in [1.165, 1.54) is 0 Å². The number of benzene rings is 2. The lowest BCUT2D eigenvalue weighted by atomic mass is 10.2. The Morgan fingerprint density at radius 1 is 0.846 bits per heavy atom. The Morgan fingerprint density at radius 3 is 2.27 bits per heavy atom. The fourth-order valence-electron chi connectivity index (χ4n) is 3.03. The van der Waals surface area contributed by atoms with E-state index >= 15 is 0 Å². The first kappa shape index (κ1) is 17.9. The molecule has 0 radical (unpaired) electrons. The van der Waals surface area contributed by atoms with Crippen molar-refractivity contribution in [2.24, 2.45) is 5.10 Å². The molecule has 6 heteroatoms. The topological polar surface area (TPSA) is 46.5 Å². The lowest BCUT2D eigenvalue weighted by molar-refractivity contribution is 0.271. The largest absolute Gasteiger partial charge is 0.497 e. The van der Waals surface area contributed by atoms with E-state index in [1.54, 1.807) is 21.3 Å². The van der Waals surface area contributed by atoms with Gasteiger partial charge in [-0.3, -0.25) is 5.01 Å². The second-order valence-corrected chi connectivity index (χ2v) is 5.97. The van der Waals surface area contributed by atoms with E-state index in [2.05, 4.69) is 21.1 Å². The molecule has 2 aromatic carbocycles. The number of hydrogen-bond acceptors (Lipinski definition) is 6. The highest BCUT2D eigenvalue weighted by molar-refractivity contribution is 5.84. The maximum absolute atomic E-state index is 5.47. The molecule has 0 bridgehead atoms. The fourth-order valence-corrected chi connectivity index (χ4v) is 3.03. The van der Waals surface area contributed by atoms with Crippen molar-refractivity contribution in [3.8, 4) is 17.2 Å². The lowest BCUT2D eigenvalue weighted by Gasteiger charge is -2.35. The van der Waals surface area contributed by atoms with Crippen LogP contribution in [0.2, 0.25) is 0 Å². The second kappa shape index (κ2) is 8.47. The molecule has 26 heavy (non-hydrogen) atoms. The number of methoxy groups -OCH3 is 3. The van der Waals surface area contributed by atoms with Gasteiger partial charge in [0.15, 0.2) is 0 Å². The van der Waals surface area contributed by atoms with Crippen molar-refractivity contribution in [1.29, 1.82) is 0 Å². The van der Waals surface area contributed by atoms with Gasteiger partial charge in [0, 0.05) is 18.7 Å². The van der Waals surface area contributed by atoms with E-state index in [9.17, 15) is 0 Å². The summed E-state index contributed by atoms with van der Waals surface area (Å²) in [7, 11) is 5.02. The van der Waals surface area contributed by atoms with E-state index in [0.717, 1.165) is 54.7 Å². The molecular weight excluding hydrogens is 330 g/mol. The predicted octanol–water partition coefficient (Wildman–Crippen LogP) is 2.87.